The average Bonchev–Trinajstić information content (AvgIpc) is 2.72. The molecule has 150 valence electrons. The molecule has 7 heteroatoms. The molecule has 0 saturated carbocycles. The first-order valence-electron chi connectivity index (χ1n) is 9.41. The van der Waals surface area contributed by atoms with Crippen molar-refractivity contribution in [1.82, 2.24) is 10.2 Å². The molecule has 1 saturated heterocycles. The Morgan fingerprint density at radius 2 is 1.82 bits per heavy atom. The van der Waals surface area contributed by atoms with Crippen molar-refractivity contribution in [3.8, 4) is 11.5 Å². The van der Waals surface area contributed by atoms with Crippen LogP contribution in [0.4, 0.5) is 5.69 Å². The number of rotatable bonds is 8. The standard InChI is InChI=1S/C21H26ClN3O3/c1-27-19-7-2-3-8-20(19)28-14-9-23-21(26)16-24-10-12-25(13-11-24)18-6-4-5-17(22)15-18/h2-8,15H,9-14,16H2,1H3,(H,23,26). The summed E-state index contributed by atoms with van der Waals surface area (Å²) in [6.45, 7) is 4.70. The summed E-state index contributed by atoms with van der Waals surface area (Å²) in [6.07, 6.45) is 0. The summed E-state index contributed by atoms with van der Waals surface area (Å²) < 4.78 is 10.9. The monoisotopic (exact) mass is 403 g/mol. The van der Waals surface area contributed by atoms with E-state index in [0.717, 1.165) is 36.9 Å². The van der Waals surface area contributed by atoms with Gasteiger partial charge in [-0.3, -0.25) is 9.69 Å². The zero-order valence-corrected chi connectivity index (χ0v) is 16.8. The molecule has 1 N–H and O–H groups in total. The van der Waals surface area contributed by atoms with Gasteiger partial charge >= 0.3 is 0 Å². The van der Waals surface area contributed by atoms with Crippen molar-refractivity contribution in [2.45, 2.75) is 0 Å². The highest BCUT2D eigenvalue weighted by Crippen LogP contribution is 2.25. The van der Waals surface area contributed by atoms with E-state index in [4.69, 9.17) is 21.1 Å². The van der Waals surface area contributed by atoms with Crippen molar-refractivity contribution in [1.29, 1.82) is 0 Å². The van der Waals surface area contributed by atoms with E-state index in [1.165, 1.54) is 0 Å². The van der Waals surface area contributed by atoms with Crippen molar-refractivity contribution in [2.24, 2.45) is 0 Å². The van der Waals surface area contributed by atoms with Crippen molar-refractivity contribution in [3.63, 3.8) is 0 Å². The lowest BCUT2D eigenvalue weighted by molar-refractivity contribution is -0.122. The van der Waals surface area contributed by atoms with Crippen LogP contribution < -0.4 is 19.7 Å². The third kappa shape index (κ3) is 5.78. The number of methoxy groups -OCH3 is 1. The van der Waals surface area contributed by atoms with Crippen LogP contribution in [0.5, 0.6) is 11.5 Å². The molecule has 1 aliphatic rings. The molecule has 0 bridgehead atoms. The molecule has 1 fully saturated rings. The molecule has 3 rings (SSSR count). The highest BCUT2D eigenvalue weighted by atomic mass is 35.5. The Kier molecular flexibility index (Phi) is 7.39. The van der Waals surface area contributed by atoms with Gasteiger partial charge < -0.3 is 19.7 Å². The predicted molar refractivity (Wildman–Crippen MR) is 112 cm³/mol. The Labute approximate surface area is 171 Å². The number of ether oxygens (including phenoxy) is 2. The maximum absolute atomic E-state index is 12.2. The quantitative estimate of drug-likeness (QED) is 0.687. The lowest BCUT2D eigenvalue weighted by Crippen LogP contribution is -2.49. The van der Waals surface area contributed by atoms with Crippen LogP contribution in [0.25, 0.3) is 0 Å². The van der Waals surface area contributed by atoms with Crippen LogP contribution in [-0.4, -0.2) is 63.8 Å². The van der Waals surface area contributed by atoms with E-state index in [1.54, 1.807) is 7.11 Å². The summed E-state index contributed by atoms with van der Waals surface area (Å²) in [5, 5.41) is 3.66. The Morgan fingerprint density at radius 1 is 1.07 bits per heavy atom. The highest BCUT2D eigenvalue weighted by Gasteiger charge is 2.19. The predicted octanol–water partition coefficient (Wildman–Crippen LogP) is 2.67. The van der Waals surface area contributed by atoms with Crippen LogP contribution >= 0.6 is 11.6 Å². The van der Waals surface area contributed by atoms with E-state index in [9.17, 15) is 4.79 Å². The van der Waals surface area contributed by atoms with Gasteiger partial charge in [0, 0.05) is 36.9 Å². The Balaban J connectivity index is 1.34. The number of hydrogen-bond acceptors (Lipinski definition) is 5. The number of benzene rings is 2. The molecule has 2 aromatic carbocycles. The molecule has 1 aliphatic heterocycles. The van der Waals surface area contributed by atoms with Crippen LogP contribution in [0.2, 0.25) is 5.02 Å². The minimum Gasteiger partial charge on any atom is -0.493 e. The summed E-state index contributed by atoms with van der Waals surface area (Å²) in [5.41, 5.74) is 1.13. The van der Waals surface area contributed by atoms with E-state index in [1.807, 2.05) is 42.5 Å². The Hall–Kier alpha value is -2.44. The number of hydrogen-bond donors (Lipinski definition) is 1. The summed E-state index contributed by atoms with van der Waals surface area (Å²) >= 11 is 6.07. The largest absolute Gasteiger partial charge is 0.493 e. The van der Waals surface area contributed by atoms with Gasteiger partial charge in [-0.05, 0) is 30.3 Å². The fourth-order valence-corrected chi connectivity index (χ4v) is 3.37. The van der Waals surface area contributed by atoms with Crippen molar-refractivity contribution >= 4 is 23.2 Å². The molecule has 1 heterocycles. The second-order valence-corrected chi connectivity index (χ2v) is 7.03. The fraction of sp³-hybridized carbons (Fsp3) is 0.381. The van der Waals surface area contributed by atoms with E-state index in [2.05, 4.69) is 21.2 Å². The summed E-state index contributed by atoms with van der Waals surface area (Å²) in [5.74, 6) is 1.38. The van der Waals surface area contributed by atoms with E-state index in [-0.39, 0.29) is 5.91 Å². The van der Waals surface area contributed by atoms with E-state index >= 15 is 0 Å². The molecule has 0 aromatic heterocycles. The zero-order chi connectivity index (χ0) is 19.8. The molecule has 1 amide bonds. The number of halogens is 1. The lowest BCUT2D eigenvalue weighted by atomic mass is 10.2. The van der Waals surface area contributed by atoms with Crippen molar-refractivity contribution < 1.29 is 14.3 Å². The number of nitrogens with zero attached hydrogens (tertiary/aromatic N) is 2. The van der Waals surface area contributed by atoms with Gasteiger partial charge in [0.05, 0.1) is 20.2 Å². The highest BCUT2D eigenvalue weighted by molar-refractivity contribution is 6.30. The van der Waals surface area contributed by atoms with Gasteiger partial charge in [0.15, 0.2) is 11.5 Å². The first kappa shape index (κ1) is 20.3. The van der Waals surface area contributed by atoms with Crippen LogP contribution in [-0.2, 0) is 4.79 Å². The summed E-state index contributed by atoms with van der Waals surface area (Å²) in [4.78, 5) is 16.6. The third-order valence-corrected chi connectivity index (χ3v) is 4.90. The summed E-state index contributed by atoms with van der Waals surface area (Å²) in [7, 11) is 1.61. The molecular formula is C21H26ClN3O3. The second kappa shape index (κ2) is 10.2. The van der Waals surface area contributed by atoms with Crippen LogP contribution in [0.3, 0.4) is 0 Å². The molecule has 0 spiro atoms. The molecule has 0 radical (unpaired) electrons. The number of carbonyl (C=O) groups excluding carboxylic acids is 1. The minimum absolute atomic E-state index is 0.0137. The number of para-hydroxylation sites is 2. The number of carbonyl (C=O) groups is 1. The van der Waals surface area contributed by atoms with Gasteiger partial charge in [-0.2, -0.15) is 0 Å². The molecule has 0 aliphatic carbocycles. The molecule has 6 nitrogen and oxygen atoms in total. The summed E-state index contributed by atoms with van der Waals surface area (Å²) in [6, 6.07) is 15.4. The van der Waals surface area contributed by atoms with Crippen molar-refractivity contribution in [2.75, 3.05) is 57.9 Å². The third-order valence-electron chi connectivity index (χ3n) is 4.66. The van der Waals surface area contributed by atoms with Crippen LogP contribution in [0.1, 0.15) is 0 Å². The zero-order valence-electron chi connectivity index (χ0n) is 16.1. The van der Waals surface area contributed by atoms with Gasteiger partial charge in [0.1, 0.15) is 6.61 Å². The van der Waals surface area contributed by atoms with Crippen LogP contribution in [0, 0.1) is 0 Å². The fourth-order valence-electron chi connectivity index (χ4n) is 3.19. The molecule has 28 heavy (non-hydrogen) atoms. The molecular weight excluding hydrogens is 378 g/mol. The molecule has 2 aromatic rings. The van der Waals surface area contributed by atoms with Crippen molar-refractivity contribution in [3.05, 3.63) is 53.6 Å². The minimum atomic E-state index is 0.0137. The second-order valence-electron chi connectivity index (χ2n) is 6.59. The van der Waals surface area contributed by atoms with Gasteiger partial charge in [0.2, 0.25) is 5.91 Å². The van der Waals surface area contributed by atoms with Gasteiger partial charge in [-0.1, -0.05) is 29.8 Å². The van der Waals surface area contributed by atoms with Gasteiger partial charge in [-0.25, -0.2) is 0 Å². The molecule has 0 unspecified atom stereocenters. The number of amides is 1. The normalized spacial score (nSPS) is 14.6. The van der Waals surface area contributed by atoms with E-state index < -0.39 is 0 Å². The number of anilines is 1. The van der Waals surface area contributed by atoms with Gasteiger partial charge in [0.25, 0.3) is 0 Å². The Morgan fingerprint density at radius 3 is 2.54 bits per heavy atom. The maximum Gasteiger partial charge on any atom is 0.234 e. The maximum atomic E-state index is 12.2. The van der Waals surface area contributed by atoms with Gasteiger partial charge in [-0.15, -0.1) is 0 Å². The van der Waals surface area contributed by atoms with E-state index in [0.29, 0.717) is 31.2 Å². The number of nitrogens with one attached hydrogen (secondary N) is 1. The topological polar surface area (TPSA) is 54.0 Å². The lowest BCUT2D eigenvalue weighted by Gasteiger charge is -2.35. The SMILES string of the molecule is COc1ccccc1OCCNC(=O)CN1CCN(c2cccc(Cl)c2)CC1. The first-order valence-corrected chi connectivity index (χ1v) is 9.79. The smallest absolute Gasteiger partial charge is 0.234 e. The van der Waals surface area contributed by atoms with Crippen LogP contribution in [0.15, 0.2) is 48.5 Å². The molecule has 0 atom stereocenters. The number of piperazine rings is 1. The average molecular weight is 404 g/mol. The first-order chi connectivity index (χ1) is 13.7. The Bertz CT molecular complexity index is 779.